The fraction of sp³-hybridized carbons (Fsp3) is 0.333. The van der Waals surface area contributed by atoms with E-state index in [4.69, 9.17) is 9.47 Å². The van der Waals surface area contributed by atoms with Gasteiger partial charge < -0.3 is 9.47 Å². The summed E-state index contributed by atoms with van der Waals surface area (Å²) in [7, 11) is 3.16. The number of amides is 1. The van der Waals surface area contributed by atoms with Gasteiger partial charge in [0.1, 0.15) is 0 Å². The molecular weight excluding hydrogens is 322 g/mol. The van der Waals surface area contributed by atoms with Gasteiger partial charge in [-0.2, -0.15) is 0 Å². The van der Waals surface area contributed by atoms with Crippen LogP contribution in [0.3, 0.4) is 0 Å². The van der Waals surface area contributed by atoms with Crippen LogP contribution in [0.25, 0.3) is 0 Å². The van der Waals surface area contributed by atoms with Crippen LogP contribution in [0, 0.1) is 0 Å². The average molecular weight is 341 g/mol. The molecule has 1 atom stereocenters. The molecule has 7 nitrogen and oxygen atoms in total. The Bertz CT molecular complexity index is 835. The van der Waals surface area contributed by atoms with Gasteiger partial charge in [0, 0.05) is 19.5 Å². The number of ketones is 1. The number of nitrogens with one attached hydrogen (secondary N) is 1. The lowest BCUT2D eigenvalue weighted by atomic mass is 9.82. The van der Waals surface area contributed by atoms with Crippen molar-refractivity contribution in [1.82, 2.24) is 9.97 Å². The molecule has 1 aromatic heterocycles. The molecule has 2 aromatic rings. The van der Waals surface area contributed by atoms with Crippen LogP contribution in [-0.2, 0) is 11.2 Å². The highest BCUT2D eigenvalue weighted by atomic mass is 16.5. The summed E-state index contributed by atoms with van der Waals surface area (Å²) in [5, 5.41) is 2.55. The Kier molecular flexibility index (Phi) is 4.65. The van der Waals surface area contributed by atoms with Gasteiger partial charge in [-0.15, -0.1) is 0 Å². The number of methoxy groups -OCH3 is 2. The second kappa shape index (κ2) is 6.88. The molecule has 25 heavy (non-hydrogen) atoms. The maximum absolute atomic E-state index is 12.5. The van der Waals surface area contributed by atoms with Crippen molar-refractivity contribution >= 4 is 17.6 Å². The van der Waals surface area contributed by atoms with E-state index < -0.39 is 0 Å². The van der Waals surface area contributed by atoms with Gasteiger partial charge >= 0.3 is 0 Å². The number of Topliss-reactive ketones (excluding diaryl/α,β-unsaturated/α-hetero) is 1. The van der Waals surface area contributed by atoms with Gasteiger partial charge in [0.2, 0.25) is 11.9 Å². The van der Waals surface area contributed by atoms with Crippen molar-refractivity contribution in [2.75, 3.05) is 19.5 Å². The molecule has 0 spiro atoms. The molecule has 1 heterocycles. The highest BCUT2D eigenvalue weighted by Gasteiger charge is 2.28. The first kappa shape index (κ1) is 16.9. The van der Waals surface area contributed by atoms with Crippen molar-refractivity contribution in [3.05, 3.63) is 41.2 Å². The number of anilines is 1. The summed E-state index contributed by atoms with van der Waals surface area (Å²) in [5.41, 5.74) is 2.15. The van der Waals surface area contributed by atoms with E-state index in [0.29, 0.717) is 35.6 Å². The number of ether oxygens (including phenoxy) is 2. The highest BCUT2D eigenvalue weighted by molar-refractivity contribution is 5.98. The molecular formula is C18H19N3O4. The molecule has 0 saturated heterocycles. The lowest BCUT2D eigenvalue weighted by molar-refractivity contribution is -0.114. The molecule has 0 unspecified atom stereocenters. The smallest absolute Gasteiger partial charge is 0.229 e. The minimum absolute atomic E-state index is 0.00425. The summed E-state index contributed by atoms with van der Waals surface area (Å²) in [6, 6.07) is 5.65. The van der Waals surface area contributed by atoms with Crippen molar-refractivity contribution in [2.24, 2.45) is 0 Å². The van der Waals surface area contributed by atoms with E-state index in [1.54, 1.807) is 14.2 Å². The minimum Gasteiger partial charge on any atom is -0.493 e. The summed E-state index contributed by atoms with van der Waals surface area (Å²) >= 11 is 0. The van der Waals surface area contributed by atoms with Gasteiger partial charge in [0.05, 0.1) is 25.5 Å². The first-order chi connectivity index (χ1) is 12.0. The summed E-state index contributed by atoms with van der Waals surface area (Å²) in [6.45, 7) is 1.39. The van der Waals surface area contributed by atoms with Crippen molar-refractivity contribution in [2.45, 2.75) is 25.7 Å². The molecule has 3 rings (SSSR count). The monoisotopic (exact) mass is 341 g/mol. The summed E-state index contributed by atoms with van der Waals surface area (Å²) in [4.78, 5) is 32.0. The minimum atomic E-state index is -0.251. The van der Waals surface area contributed by atoms with Gasteiger partial charge in [0.15, 0.2) is 17.3 Å². The quantitative estimate of drug-likeness (QED) is 0.918. The SMILES string of the molecule is COc1ccc([C@@H]2CC(=O)c3cnc(NC(C)=O)nc3C2)cc1OC. The standard InChI is InChI=1S/C18H19N3O4/c1-10(22)20-18-19-9-13-14(21-18)6-12(7-15(13)23)11-4-5-16(24-2)17(8-11)25-3/h4-5,8-9,12H,6-7H2,1-3H3,(H,19,20,21,22)/t12-/m0/s1. The maximum Gasteiger partial charge on any atom is 0.229 e. The predicted molar refractivity (Wildman–Crippen MR) is 91.3 cm³/mol. The number of carbonyl (C=O) groups excluding carboxylic acids is 2. The zero-order chi connectivity index (χ0) is 18.0. The van der Waals surface area contributed by atoms with E-state index in [9.17, 15) is 9.59 Å². The molecule has 0 radical (unpaired) electrons. The number of nitrogens with zero attached hydrogens (tertiary/aromatic N) is 2. The molecule has 0 fully saturated rings. The molecule has 1 aliphatic carbocycles. The normalized spacial score (nSPS) is 16.1. The Morgan fingerprint density at radius 1 is 1.20 bits per heavy atom. The zero-order valence-electron chi connectivity index (χ0n) is 14.3. The van der Waals surface area contributed by atoms with Crippen LogP contribution in [0.4, 0.5) is 5.95 Å². The number of fused-ring (bicyclic) bond motifs is 1. The fourth-order valence-electron chi connectivity index (χ4n) is 3.01. The van der Waals surface area contributed by atoms with Gasteiger partial charge in [-0.25, -0.2) is 9.97 Å². The largest absolute Gasteiger partial charge is 0.493 e. The number of benzene rings is 1. The Morgan fingerprint density at radius 2 is 1.96 bits per heavy atom. The topological polar surface area (TPSA) is 90.4 Å². The van der Waals surface area contributed by atoms with E-state index in [-0.39, 0.29) is 23.6 Å². The number of hydrogen-bond donors (Lipinski definition) is 1. The predicted octanol–water partition coefficient (Wildman–Crippen LogP) is 2.36. The lowest BCUT2D eigenvalue weighted by Gasteiger charge is -2.24. The highest BCUT2D eigenvalue weighted by Crippen LogP contribution is 2.36. The Morgan fingerprint density at radius 3 is 2.64 bits per heavy atom. The summed E-state index contributed by atoms with van der Waals surface area (Å²) in [6.07, 6.45) is 2.46. The maximum atomic E-state index is 12.5. The van der Waals surface area contributed by atoms with E-state index in [2.05, 4.69) is 15.3 Å². The number of rotatable bonds is 4. The number of aromatic nitrogens is 2. The average Bonchev–Trinajstić information content (AvgIpc) is 2.60. The van der Waals surface area contributed by atoms with Gasteiger partial charge in [-0.1, -0.05) is 6.07 Å². The van der Waals surface area contributed by atoms with Crippen molar-refractivity contribution in [1.29, 1.82) is 0 Å². The Labute approximate surface area is 145 Å². The second-order valence-electron chi connectivity index (χ2n) is 5.88. The zero-order valence-corrected chi connectivity index (χ0v) is 14.3. The first-order valence-electron chi connectivity index (χ1n) is 7.90. The van der Waals surface area contributed by atoms with Crippen LogP contribution in [0.15, 0.2) is 24.4 Å². The van der Waals surface area contributed by atoms with Gasteiger partial charge in [-0.3, -0.25) is 14.9 Å². The van der Waals surface area contributed by atoms with E-state index in [1.807, 2.05) is 18.2 Å². The molecule has 0 bridgehead atoms. The molecule has 1 N–H and O–H groups in total. The van der Waals surface area contributed by atoms with Gasteiger partial charge in [-0.05, 0) is 30.0 Å². The van der Waals surface area contributed by atoms with Crippen LogP contribution in [0.1, 0.15) is 40.9 Å². The fourth-order valence-corrected chi connectivity index (χ4v) is 3.01. The molecule has 1 amide bonds. The first-order valence-corrected chi connectivity index (χ1v) is 7.90. The van der Waals surface area contributed by atoms with Crippen LogP contribution in [-0.4, -0.2) is 35.9 Å². The summed E-state index contributed by atoms with van der Waals surface area (Å²) in [5.74, 6) is 1.21. The Hall–Kier alpha value is -2.96. The van der Waals surface area contributed by atoms with E-state index in [0.717, 1.165) is 5.56 Å². The third-order valence-electron chi connectivity index (χ3n) is 4.21. The van der Waals surface area contributed by atoms with Crippen LogP contribution >= 0.6 is 0 Å². The van der Waals surface area contributed by atoms with E-state index in [1.165, 1.54) is 13.1 Å². The van der Waals surface area contributed by atoms with Gasteiger partial charge in [0.25, 0.3) is 0 Å². The molecule has 1 aliphatic rings. The summed E-state index contributed by atoms with van der Waals surface area (Å²) < 4.78 is 10.6. The third-order valence-corrected chi connectivity index (χ3v) is 4.21. The molecule has 0 saturated carbocycles. The number of hydrogen-bond acceptors (Lipinski definition) is 6. The molecule has 1 aromatic carbocycles. The number of carbonyl (C=O) groups is 2. The van der Waals surface area contributed by atoms with Crippen molar-refractivity contribution in [3.63, 3.8) is 0 Å². The molecule has 130 valence electrons. The van der Waals surface area contributed by atoms with Crippen LogP contribution in [0.5, 0.6) is 11.5 Å². The van der Waals surface area contributed by atoms with Crippen LogP contribution < -0.4 is 14.8 Å². The van der Waals surface area contributed by atoms with Crippen molar-refractivity contribution in [3.8, 4) is 11.5 Å². The molecule has 7 heteroatoms. The van der Waals surface area contributed by atoms with Crippen LogP contribution in [0.2, 0.25) is 0 Å². The lowest BCUT2D eigenvalue weighted by Crippen LogP contribution is -2.22. The van der Waals surface area contributed by atoms with Crippen molar-refractivity contribution < 1.29 is 19.1 Å². The Balaban J connectivity index is 1.92. The van der Waals surface area contributed by atoms with E-state index >= 15 is 0 Å². The molecule has 0 aliphatic heterocycles. The third kappa shape index (κ3) is 3.45. The second-order valence-corrected chi connectivity index (χ2v) is 5.88.